The van der Waals surface area contributed by atoms with Crippen LogP contribution >= 0.6 is 0 Å². The quantitative estimate of drug-likeness (QED) is 0.827. The molecule has 0 bridgehead atoms. The lowest BCUT2D eigenvalue weighted by Crippen LogP contribution is -2.46. The van der Waals surface area contributed by atoms with Crippen LogP contribution in [0.1, 0.15) is 40.0 Å². The van der Waals surface area contributed by atoms with Crippen LogP contribution in [0.25, 0.3) is 0 Å². The molecule has 1 heterocycles. The minimum absolute atomic E-state index is 0.149. The van der Waals surface area contributed by atoms with E-state index >= 15 is 0 Å². The molecule has 0 fully saturated rings. The molecule has 0 aromatic carbocycles. The number of nitrogen functional groups attached to an aromatic ring is 1. The van der Waals surface area contributed by atoms with Gasteiger partial charge in [-0.25, -0.2) is 18.1 Å². The Morgan fingerprint density at radius 2 is 1.78 bits per heavy atom. The summed E-state index contributed by atoms with van der Waals surface area (Å²) in [6, 6.07) is 2.95. The third-order valence-electron chi connectivity index (χ3n) is 3.45. The molecule has 0 amide bonds. The van der Waals surface area contributed by atoms with Crippen LogP contribution in [-0.4, -0.2) is 18.9 Å². The second-order valence-electron chi connectivity index (χ2n) is 4.37. The molecule has 0 aliphatic heterocycles. The summed E-state index contributed by atoms with van der Waals surface area (Å²) in [6.45, 7) is 5.95. The summed E-state index contributed by atoms with van der Waals surface area (Å²) in [5.74, 6) is 0.307. The molecule has 0 saturated carbocycles. The molecule has 1 rings (SSSR count). The van der Waals surface area contributed by atoms with Crippen molar-refractivity contribution in [1.29, 1.82) is 0 Å². The number of hydrogen-bond acceptors (Lipinski definition) is 4. The van der Waals surface area contributed by atoms with E-state index in [0.29, 0.717) is 5.82 Å². The van der Waals surface area contributed by atoms with Crippen molar-refractivity contribution in [1.82, 2.24) is 9.71 Å². The fraction of sp³-hybridized carbons (Fsp3) is 0.583. The topological polar surface area (TPSA) is 85.1 Å². The number of hydrogen-bond donors (Lipinski definition) is 2. The maximum atomic E-state index is 12.2. The molecule has 0 radical (unpaired) electrons. The van der Waals surface area contributed by atoms with E-state index in [1.165, 1.54) is 18.3 Å². The van der Waals surface area contributed by atoms with Crippen molar-refractivity contribution in [2.75, 3.05) is 5.73 Å². The van der Waals surface area contributed by atoms with Gasteiger partial charge in [0.15, 0.2) is 0 Å². The van der Waals surface area contributed by atoms with Crippen molar-refractivity contribution in [3.05, 3.63) is 18.3 Å². The number of nitrogens with two attached hydrogens (primary N) is 1. The van der Waals surface area contributed by atoms with E-state index in [1.807, 2.05) is 20.8 Å². The van der Waals surface area contributed by atoms with Gasteiger partial charge in [0, 0.05) is 11.7 Å². The minimum atomic E-state index is -3.54. The summed E-state index contributed by atoms with van der Waals surface area (Å²) in [4.78, 5) is 3.96. The lowest BCUT2D eigenvalue weighted by atomic mass is 9.91. The molecule has 3 N–H and O–H groups in total. The zero-order chi connectivity index (χ0) is 13.8. The molecule has 1 aromatic rings. The van der Waals surface area contributed by atoms with Crippen LogP contribution in [0, 0.1) is 0 Å². The summed E-state index contributed by atoms with van der Waals surface area (Å²) < 4.78 is 27.3. The first-order valence-corrected chi connectivity index (χ1v) is 7.63. The number of nitrogens with zero attached hydrogens (tertiary/aromatic N) is 1. The molecule has 102 valence electrons. The number of sulfonamides is 1. The molecule has 6 heteroatoms. The molecule has 0 unspecified atom stereocenters. The van der Waals surface area contributed by atoms with Crippen molar-refractivity contribution in [2.24, 2.45) is 0 Å². The van der Waals surface area contributed by atoms with Gasteiger partial charge < -0.3 is 5.73 Å². The van der Waals surface area contributed by atoms with Crippen LogP contribution in [0.15, 0.2) is 23.2 Å². The Kier molecular flexibility index (Phi) is 4.70. The van der Waals surface area contributed by atoms with Gasteiger partial charge in [0.25, 0.3) is 0 Å². The zero-order valence-electron chi connectivity index (χ0n) is 11.1. The molecular formula is C12H21N3O2S. The maximum Gasteiger partial charge on any atom is 0.242 e. The molecule has 0 saturated heterocycles. The smallest absolute Gasteiger partial charge is 0.242 e. The van der Waals surface area contributed by atoms with Gasteiger partial charge in [0.05, 0.1) is 0 Å². The van der Waals surface area contributed by atoms with Crippen LogP contribution in [0.2, 0.25) is 0 Å². The first kappa shape index (κ1) is 14.9. The molecule has 0 aliphatic carbocycles. The van der Waals surface area contributed by atoms with E-state index in [9.17, 15) is 8.42 Å². The number of rotatable bonds is 6. The van der Waals surface area contributed by atoms with Gasteiger partial charge in [-0.2, -0.15) is 0 Å². The monoisotopic (exact) mass is 271 g/mol. The van der Waals surface area contributed by atoms with Crippen LogP contribution < -0.4 is 10.5 Å². The Labute approximate surface area is 109 Å². The Morgan fingerprint density at radius 3 is 2.17 bits per heavy atom. The summed E-state index contributed by atoms with van der Waals surface area (Å²) in [5.41, 5.74) is 5.06. The maximum absolute atomic E-state index is 12.2. The van der Waals surface area contributed by atoms with E-state index in [0.717, 1.165) is 19.3 Å². The second kappa shape index (κ2) is 5.67. The van der Waals surface area contributed by atoms with Crippen LogP contribution in [0.3, 0.4) is 0 Å². The van der Waals surface area contributed by atoms with E-state index in [-0.39, 0.29) is 10.4 Å². The van der Waals surface area contributed by atoms with Crippen molar-refractivity contribution in [3.63, 3.8) is 0 Å². The van der Waals surface area contributed by atoms with E-state index in [2.05, 4.69) is 9.71 Å². The normalized spacial score (nSPS) is 12.6. The largest absolute Gasteiger partial charge is 0.384 e. The van der Waals surface area contributed by atoms with E-state index in [4.69, 9.17) is 5.73 Å². The summed E-state index contributed by atoms with van der Waals surface area (Å²) in [6.07, 6.45) is 3.54. The summed E-state index contributed by atoms with van der Waals surface area (Å²) >= 11 is 0. The Balaban J connectivity index is 3.04. The van der Waals surface area contributed by atoms with Gasteiger partial charge in [0.2, 0.25) is 10.0 Å². The van der Waals surface area contributed by atoms with Crippen molar-refractivity contribution < 1.29 is 8.42 Å². The van der Waals surface area contributed by atoms with E-state index < -0.39 is 10.0 Å². The van der Waals surface area contributed by atoms with Crippen LogP contribution in [0.4, 0.5) is 5.82 Å². The minimum Gasteiger partial charge on any atom is -0.384 e. The van der Waals surface area contributed by atoms with Crippen LogP contribution in [0.5, 0.6) is 0 Å². The Morgan fingerprint density at radius 1 is 1.22 bits per heavy atom. The molecule has 0 atom stereocenters. The average Bonchev–Trinajstić information content (AvgIpc) is 2.37. The summed E-state index contributed by atoms with van der Waals surface area (Å²) in [7, 11) is -3.54. The Bertz CT molecular complexity index is 470. The van der Waals surface area contributed by atoms with Gasteiger partial charge in [-0.15, -0.1) is 0 Å². The predicted molar refractivity (Wildman–Crippen MR) is 72.6 cm³/mol. The second-order valence-corrected chi connectivity index (χ2v) is 6.05. The van der Waals surface area contributed by atoms with Gasteiger partial charge >= 0.3 is 0 Å². The molecular weight excluding hydrogens is 250 g/mol. The number of anilines is 1. The molecule has 18 heavy (non-hydrogen) atoms. The van der Waals surface area contributed by atoms with Gasteiger partial charge in [-0.1, -0.05) is 20.8 Å². The third kappa shape index (κ3) is 3.20. The lowest BCUT2D eigenvalue weighted by molar-refractivity contribution is 0.341. The highest BCUT2D eigenvalue weighted by atomic mass is 32.2. The van der Waals surface area contributed by atoms with Gasteiger partial charge in [0.1, 0.15) is 10.7 Å². The SMILES string of the molecule is CCC(CC)(CC)NS(=O)(=O)c1ccc(N)nc1. The first-order valence-electron chi connectivity index (χ1n) is 6.14. The number of nitrogens with one attached hydrogen (secondary N) is 1. The standard InChI is InChI=1S/C12H21N3O2S/c1-4-12(5-2,6-3)15-18(16,17)10-7-8-11(13)14-9-10/h7-9,15H,4-6H2,1-3H3,(H2,13,14). The highest BCUT2D eigenvalue weighted by Crippen LogP contribution is 2.22. The lowest BCUT2D eigenvalue weighted by Gasteiger charge is -2.31. The molecule has 0 aliphatic rings. The van der Waals surface area contributed by atoms with Crippen molar-refractivity contribution in [2.45, 2.75) is 50.5 Å². The molecule has 0 spiro atoms. The van der Waals surface area contributed by atoms with Crippen LogP contribution in [-0.2, 0) is 10.0 Å². The molecule has 1 aromatic heterocycles. The van der Waals surface area contributed by atoms with Crippen molar-refractivity contribution in [3.8, 4) is 0 Å². The number of pyridine rings is 1. The molecule has 5 nitrogen and oxygen atoms in total. The van der Waals surface area contributed by atoms with E-state index in [1.54, 1.807) is 0 Å². The third-order valence-corrected chi connectivity index (χ3v) is 5.01. The van der Waals surface area contributed by atoms with Gasteiger partial charge in [-0.05, 0) is 31.4 Å². The van der Waals surface area contributed by atoms with Gasteiger partial charge in [-0.3, -0.25) is 0 Å². The first-order chi connectivity index (χ1) is 8.39. The highest BCUT2D eigenvalue weighted by Gasteiger charge is 2.30. The zero-order valence-corrected chi connectivity index (χ0v) is 11.9. The average molecular weight is 271 g/mol. The summed E-state index contributed by atoms with van der Waals surface area (Å²) in [5, 5.41) is 0. The Hall–Kier alpha value is -1.14. The fourth-order valence-electron chi connectivity index (χ4n) is 1.86. The highest BCUT2D eigenvalue weighted by molar-refractivity contribution is 7.89. The van der Waals surface area contributed by atoms with Crippen molar-refractivity contribution >= 4 is 15.8 Å². The predicted octanol–water partition coefficient (Wildman–Crippen LogP) is 1.91. The number of aromatic nitrogens is 1. The fourth-order valence-corrected chi connectivity index (χ4v) is 3.42.